The molecule has 0 saturated heterocycles. The Morgan fingerprint density at radius 1 is 1.38 bits per heavy atom. The molecule has 16 heavy (non-hydrogen) atoms. The summed E-state index contributed by atoms with van der Waals surface area (Å²) in [6.45, 7) is 5.07. The minimum atomic E-state index is 0.568. The lowest BCUT2D eigenvalue weighted by Crippen LogP contribution is -2.06. The summed E-state index contributed by atoms with van der Waals surface area (Å²) in [4.78, 5) is 8.72. The summed E-state index contributed by atoms with van der Waals surface area (Å²) in [6.07, 6.45) is 2.70. The van der Waals surface area contributed by atoms with E-state index in [1.807, 2.05) is 6.07 Å². The molecule has 0 spiro atoms. The number of ether oxygens (including phenoxy) is 1. The monoisotopic (exact) mass is 223 g/mol. The molecule has 90 valence electrons. The van der Waals surface area contributed by atoms with Crippen LogP contribution in [0.25, 0.3) is 0 Å². The molecule has 0 radical (unpaired) electrons. The number of nitrogen functional groups attached to an aromatic ring is 1. The predicted octanol–water partition coefficient (Wildman–Crippen LogP) is 1.84. The Kier molecular flexibility index (Phi) is 5.19. The molecule has 0 saturated carbocycles. The van der Waals surface area contributed by atoms with E-state index in [1.165, 1.54) is 0 Å². The second-order valence-corrected chi connectivity index (χ2v) is 4.39. The summed E-state index contributed by atoms with van der Waals surface area (Å²) in [5.41, 5.74) is 6.79. The van der Waals surface area contributed by atoms with Crippen molar-refractivity contribution in [1.29, 1.82) is 0 Å². The largest absolute Gasteiger partial charge is 0.385 e. The third-order valence-corrected chi connectivity index (χ3v) is 2.21. The van der Waals surface area contributed by atoms with Crippen molar-refractivity contribution in [2.24, 2.45) is 5.92 Å². The lowest BCUT2D eigenvalue weighted by atomic mass is 10.1. The van der Waals surface area contributed by atoms with Crippen molar-refractivity contribution in [2.75, 3.05) is 19.5 Å². The molecule has 4 nitrogen and oxygen atoms in total. The van der Waals surface area contributed by atoms with E-state index in [-0.39, 0.29) is 0 Å². The molecule has 0 aliphatic carbocycles. The zero-order valence-corrected chi connectivity index (χ0v) is 10.4. The van der Waals surface area contributed by atoms with Gasteiger partial charge in [0.05, 0.1) is 0 Å². The van der Waals surface area contributed by atoms with Crippen LogP contribution in [0.1, 0.15) is 31.8 Å². The first kappa shape index (κ1) is 12.9. The quantitative estimate of drug-likeness (QED) is 0.747. The van der Waals surface area contributed by atoms with Gasteiger partial charge in [0.1, 0.15) is 11.6 Å². The Bertz CT molecular complexity index is 326. The molecule has 0 aliphatic rings. The van der Waals surface area contributed by atoms with Gasteiger partial charge in [0.2, 0.25) is 0 Å². The second-order valence-electron chi connectivity index (χ2n) is 4.39. The Morgan fingerprint density at radius 2 is 2.12 bits per heavy atom. The highest BCUT2D eigenvalue weighted by Crippen LogP contribution is 2.09. The number of methoxy groups -OCH3 is 1. The van der Waals surface area contributed by atoms with E-state index in [1.54, 1.807) is 7.11 Å². The predicted molar refractivity (Wildman–Crippen MR) is 65.2 cm³/mol. The minimum absolute atomic E-state index is 0.568. The van der Waals surface area contributed by atoms with E-state index in [0.717, 1.165) is 37.4 Å². The fraction of sp³-hybridized carbons (Fsp3) is 0.667. The molecule has 0 bridgehead atoms. The normalized spacial score (nSPS) is 11.0. The Labute approximate surface area is 97.2 Å². The average Bonchev–Trinajstić information content (AvgIpc) is 2.16. The van der Waals surface area contributed by atoms with E-state index >= 15 is 0 Å². The number of anilines is 1. The number of aryl methyl sites for hydroxylation is 1. The highest BCUT2D eigenvalue weighted by Gasteiger charge is 2.04. The van der Waals surface area contributed by atoms with Crippen molar-refractivity contribution >= 4 is 5.82 Å². The highest BCUT2D eigenvalue weighted by molar-refractivity contribution is 5.30. The van der Waals surface area contributed by atoms with Crippen molar-refractivity contribution in [1.82, 2.24) is 9.97 Å². The minimum Gasteiger partial charge on any atom is -0.385 e. The Hall–Kier alpha value is -1.16. The second kappa shape index (κ2) is 6.43. The van der Waals surface area contributed by atoms with Crippen LogP contribution < -0.4 is 5.73 Å². The molecule has 2 N–H and O–H groups in total. The molecule has 1 heterocycles. The van der Waals surface area contributed by atoms with Gasteiger partial charge in [0.25, 0.3) is 0 Å². The van der Waals surface area contributed by atoms with Gasteiger partial charge in [-0.3, -0.25) is 0 Å². The van der Waals surface area contributed by atoms with Crippen LogP contribution in [-0.4, -0.2) is 23.7 Å². The maximum absolute atomic E-state index is 5.76. The van der Waals surface area contributed by atoms with Gasteiger partial charge in [-0.25, -0.2) is 9.97 Å². The maximum Gasteiger partial charge on any atom is 0.131 e. The molecule has 1 aromatic rings. The van der Waals surface area contributed by atoms with Crippen LogP contribution in [0.4, 0.5) is 5.82 Å². The van der Waals surface area contributed by atoms with Gasteiger partial charge in [-0.05, 0) is 18.8 Å². The molecule has 0 amide bonds. The van der Waals surface area contributed by atoms with Gasteiger partial charge in [-0.1, -0.05) is 13.8 Å². The smallest absolute Gasteiger partial charge is 0.131 e. The molecule has 0 unspecified atom stereocenters. The Balaban J connectivity index is 2.65. The zero-order chi connectivity index (χ0) is 12.0. The first-order valence-electron chi connectivity index (χ1n) is 5.73. The van der Waals surface area contributed by atoms with Gasteiger partial charge in [-0.2, -0.15) is 0 Å². The van der Waals surface area contributed by atoms with Gasteiger partial charge >= 0.3 is 0 Å². The number of hydrogen-bond acceptors (Lipinski definition) is 4. The lowest BCUT2D eigenvalue weighted by Gasteiger charge is -2.07. The SMILES string of the molecule is COCCCc1nc(N)cc(CC(C)C)n1. The van der Waals surface area contributed by atoms with Crippen LogP contribution in [0, 0.1) is 5.92 Å². The molecule has 1 aromatic heterocycles. The third kappa shape index (κ3) is 4.57. The van der Waals surface area contributed by atoms with Crippen LogP contribution in [0.3, 0.4) is 0 Å². The van der Waals surface area contributed by atoms with Crippen molar-refractivity contribution in [3.63, 3.8) is 0 Å². The fourth-order valence-corrected chi connectivity index (χ4v) is 1.58. The Morgan fingerprint density at radius 3 is 2.75 bits per heavy atom. The van der Waals surface area contributed by atoms with Gasteiger partial charge in [0, 0.05) is 31.9 Å². The van der Waals surface area contributed by atoms with Gasteiger partial charge in [0.15, 0.2) is 0 Å². The first-order chi connectivity index (χ1) is 7.61. The summed E-state index contributed by atoms with van der Waals surface area (Å²) in [6, 6.07) is 1.86. The topological polar surface area (TPSA) is 61.0 Å². The standard InChI is InChI=1S/C12H21N3O/c1-9(2)7-10-8-11(13)15-12(14-10)5-4-6-16-3/h8-9H,4-7H2,1-3H3,(H2,13,14,15). The molecule has 4 heteroatoms. The number of aromatic nitrogens is 2. The van der Waals surface area contributed by atoms with Gasteiger partial charge in [-0.15, -0.1) is 0 Å². The number of nitrogens with zero attached hydrogens (tertiary/aromatic N) is 2. The van der Waals surface area contributed by atoms with Crippen LogP contribution in [0.2, 0.25) is 0 Å². The van der Waals surface area contributed by atoms with E-state index < -0.39 is 0 Å². The molecule has 1 rings (SSSR count). The van der Waals surface area contributed by atoms with Crippen LogP contribution >= 0.6 is 0 Å². The molecular formula is C12H21N3O. The fourth-order valence-electron chi connectivity index (χ4n) is 1.58. The maximum atomic E-state index is 5.76. The van der Waals surface area contributed by atoms with E-state index in [4.69, 9.17) is 10.5 Å². The van der Waals surface area contributed by atoms with Crippen molar-refractivity contribution in [2.45, 2.75) is 33.1 Å². The molecule has 0 aromatic carbocycles. The average molecular weight is 223 g/mol. The number of hydrogen-bond donors (Lipinski definition) is 1. The molecular weight excluding hydrogens is 202 g/mol. The summed E-state index contributed by atoms with van der Waals surface area (Å²) in [5.74, 6) is 1.98. The summed E-state index contributed by atoms with van der Waals surface area (Å²) in [5, 5.41) is 0. The van der Waals surface area contributed by atoms with E-state index in [9.17, 15) is 0 Å². The number of nitrogens with two attached hydrogens (primary N) is 1. The molecule has 0 aliphatic heterocycles. The van der Waals surface area contributed by atoms with Gasteiger partial charge < -0.3 is 10.5 Å². The van der Waals surface area contributed by atoms with Crippen LogP contribution in [-0.2, 0) is 17.6 Å². The summed E-state index contributed by atoms with van der Waals surface area (Å²) in [7, 11) is 1.70. The van der Waals surface area contributed by atoms with E-state index in [2.05, 4.69) is 23.8 Å². The summed E-state index contributed by atoms with van der Waals surface area (Å²) >= 11 is 0. The molecule has 0 atom stereocenters. The summed E-state index contributed by atoms with van der Waals surface area (Å²) < 4.78 is 5.00. The number of rotatable bonds is 6. The lowest BCUT2D eigenvalue weighted by molar-refractivity contribution is 0.194. The first-order valence-corrected chi connectivity index (χ1v) is 5.73. The van der Waals surface area contributed by atoms with Crippen molar-refractivity contribution < 1.29 is 4.74 Å². The van der Waals surface area contributed by atoms with Crippen molar-refractivity contribution in [3.05, 3.63) is 17.6 Å². The zero-order valence-electron chi connectivity index (χ0n) is 10.4. The van der Waals surface area contributed by atoms with Crippen molar-refractivity contribution in [3.8, 4) is 0 Å². The van der Waals surface area contributed by atoms with Crippen LogP contribution in [0.15, 0.2) is 6.07 Å². The van der Waals surface area contributed by atoms with Crippen LogP contribution in [0.5, 0.6) is 0 Å². The highest BCUT2D eigenvalue weighted by atomic mass is 16.5. The third-order valence-electron chi connectivity index (χ3n) is 2.21. The molecule has 0 fully saturated rings. The van der Waals surface area contributed by atoms with E-state index in [0.29, 0.717) is 11.7 Å².